The minimum atomic E-state index is -0.418. The van der Waals surface area contributed by atoms with Crippen LogP contribution in [0.5, 0.6) is 5.75 Å². The number of anilines is 1. The SMILES string of the molecule is Cc1cc([C@@H]2CN(C3=C(N)NNC(c4ccccc4O)=C3)C[C@H](C)O2)c(C)cc1C(=O)N1CCN(CC2OCC(n3cc(C4CC4)c4cc(N5CCC(=O)NC5=O)cnc43)CO2)CC1. The van der Waals surface area contributed by atoms with Crippen LogP contribution in [0.4, 0.5) is 10.5 Å². The number of aromatic nitrogens is 2. The summed E-state index contributed by atoms with van der Waals surface area (Å²) in [7, 11) is 0. The fraction of sp³-hybridized carbons (Fsp3) is 0.447. The molecule has 2 aromatic heterocycles. The maximum absolute atomic E-state index is 14.0. The topological polar surface area (TPSA) is 192 Å². The fourth-order valence-electron chi connectivity index (χ4n) is 9.71. The molecule has 336 valence electrons. The highest BCUT2D eigenvalue weighted by Crippen LogP contribution is 2.45. The number of amides is 4. The third kappa shape index (κ3) is 8.24. The summed E-state index contributed by atoms with van der Waals surface area (Å²) in [4.78, 5) is 51.2. The molecule has 17 nitrogen and oxygen atoms in total. The van der Waals surface area contributed by atoms with E-state index in [1.807, 2.05) is 49.1 Å². The molecule has 5 aliphatic heterocycles. The van der Waals surface area contributed by atoms with Crippen LogP contribution < -0.4 is 26.8 Å². The predicted octanol–water partition coefficient (Wildman–Crippen LogP) is 4.09. The first-order valence-corrected chi connectivity index (χ1v) is 22.4. The lowest BCUT2D eigenvalue weighted by atomic mass is 9.94. The molecular weight excluding hydrogens is 817 g/mol. The van der Waals surface area contributed by atoms with Gasteiger partial charge in [0.2, 0.25) is 5.91 Å². The zero-order valence-corrected chi connectivity index (χ0v) is 36.5. The summed E-state index contributed by atoms with van der Waals surface area (Å²) in [5.74, 6) is 0.890. The number of hydrogen-bond donors (Lipinski definition) is 5. The van der Waals surface area contributed by atoms with Gasteiger partial charge in [0.1, 0.15) is 23.3 Å². The second-order valence-electron chi connectivity index (χ2n) is 17.9. The van der Waals surface area contributed by atoms with E-state index in [2.05, 4.69) is 49.7 Å². The number of allylic oxidation sites excluding steroid dienone is 1. The first-order valence-electron chi connectivity index (χ1n) is 22.4. The molecule has 7 heterocycles. The van der Waals surface area contributed by atoms with Crippen LogP contribution in [0.3, 0.4) is 0 Å². The number of aryl methyl sites for hydroxylation is 2. The second-order valence-corrected chi connectivity index (χ2v) is 17.9. The number of piperazine rings is 1. The molecule has 0 unspecified atom stereocenters. The molecule has 64 heavy (non-hydrogen) atoms. The van der Waals surface area contributed by atoms with Crippen molar-refractivity contribution in [2.24, 2.45) is 5.73 Å². The molecule has 17 heteroatoms. The maximum Gasteiger partial charge on any atom is 0.328 e. The Morgan fingerprint density at radius 2 is 1.73 bits per heavy atom. The maximum atomic E-state index is 14.0. The Bertz CT molecular complexity index is 2550. The lowest BCUT2D eigenvalue weighted by molar-refractivity contribution is -0.204. The molecule has 1 aliphatic carbocycles. The van der Waals surface area contributed by atoms with E-state index in [0.717, 1.165) is 46.3 Å². The molecule has 6 N–H and O–H groups in total. The standard InChI is InChI=1S/C47H56N10O7/c1-27-17-35(28(2)16-34(27)41-23-55(21-29(3)64-41)39-19-38(51-52-44(39)48)33-6-4-5-7-40(33)58)46(60)54-14-12-53(13-15-54)24-43-62-25-32(26-63-43)57-22-37(30-8-9-30)36-18-31(20-49-45(36)57)56-11-10-42(59)50-47(56)61/h4-7,16-20,22,29-30,32,41,43,51-52,58H,8-15,21,23-26,48H2,1-3H3,(H,50,59,61)/t29-,32?,41-,43?/m0/s1. The zero-order chi connectivity index (χ0) is 44.2. The van der Waals surface area contributed by atoms with Gasteiger partial charge in [-0.15, -0.1) is 0 Å². The quantitative estimate of drug-likeness (QED) is 0.162. The number of aromatic hydroxyl groups is 1. The summed E-state index contributed by atoms with van der Waals surface area (Å²) in [5, 5.41) is 13.9. The first kappa shape index (κ1) is 41.8. The zero-order valence-electron chi connectivity index (χ0n) is 36.5. The number of rotatable bonds is 9. The number of phenols is 1. The Labute approximate surface area is 371 Å². The van der Waals surface area contributed by atoms with E-state index >= 15 is 0 Å². The van der Waals surface area contributed by atoms with Crippen LogP contribution in [0.15, 0.2) is 72.5 Å². The molecule has 2 aromatic carbocycles. The summed E-state index contributed by atoms with van der Waals surface area (Å²) < 4.78 is 21.3. The van der Waals surface area contributed by atoms with E-state index < -0.39 is 6.03 Å². The largest absolute Gasteiger partial charge is 0.507 e. The Kier molecular flexibility index (Phi) is 11.2. The molecule has 4 amide bonds. The second kappa shape index (κ2) is 17.1. The van der Waals surface area contributed by atoms with Gasteiger partial charge < -0.3 is 39.4 Å². The van der Waals surface area contributed by atoms with Crippen molar-refractivity contribution in [1.82, 2.24) is 40.4 Å². The number of carbonyl (C=O) groups excluding carboxylic acids is 3. The van der Waals surface area contributed by atoms with Crippen molar-refractivity contribution >= 4 is 40.3 Å². The van der Waals surface area contributed by atoms with Crippen molar-refractivity contribution in [1.29, 1.82) is 0 Å². The van der Waals surface area contributed by atoms with Crippen LogP contribution in [-0.4, -0.2) is 125 Å². The van der Waals surface area contributed by atoms with Crippen molar-refractivity contribution in [2.75, 3.05) is 70.5 Å². The number of para-hydroxylation sites is 1. The molecule has 0 spiro atoms. The number of nitrogens with zero attached hydrogens (tertiary/aromatic N) is 6. The van der Waals surface area contributed by atoms with Crippen LogP contribution in [0.2, 0.25) is 0 Å². The Morgan fingerprint density at radius 3 is 2.48 bits per heavy atom. The number of carbonyl (C=O) groups is 3. The van der Waals surface area contributed by atoms with Gasteiger partial charge in [0, 0.05) is 81.5 Å². The number of morpholine rings is 1. The number of imide groups is 1. The fourth-order valence-corrected chi connectivity index (χ4v) is 9.71. The van der Waals surface area contributed by atoms with Crippen molar-refractivity contribution in [2.45, 2.75) is 70.5 Å². The minimum absolute atomic E-state index is 0.0273. The van der Waals surface area contributed by atoms with Gasteiger partial charge in [-0.05, 0) is 92.1 Å². The average Bonchev–Trinajstić information content (AvgIpc) is 4.07. The number of ether oxygens (including phenoxy) is 3. The van der Waals surface area contributed by atoms with Gasteiger partial charge in [0.15, 0.2) is 6.29 Å². The third-order valence-corrected chi connectivity index (χ3v) is 13.4. The van der Waals surface area contributed by atoms with E-state index in [1.54, 1.807) is 23.2 Å². The number of hydrogen-bond acceptors (Lipinski definition) is 13. The van der Waals surface area contributed by atoms with Crippen LogP contribution in [0.1, 0.15) is 82.4 Å². The molecular formula is C47H56N10O7. The third-order valence-electron chi connectivity index (χ3n) is 13.4. The monoisotopic (exact) mass is 872 g/mol. The van der Waals surface area contributed by atoms with Crippen LogP contribution in [0.25, 0.3) is 16.7 Å². The Morgan fingerprint density at radius 1 is 0.953 bits per heavy atom. The van der Waals surface area contributed by atoms with E-state index in [0.29, 0.717) is 99.8 Å². The normalized spacial score (nSPS) is 24.7. The lowest BCUT2D eigenvalue weighted by Crippen LogP contribution is -2.51. The van der Waals surface area contributed by atoms with Crippen molar-refractivity contribution in [3.63, 3.8) is 0 Å². The average molecular weight is 873 g/mol. The number of benzene rings is 2. The van der Waals surface area contributed by atoms with Gasteiger partial charge in [-0.2, -0.15) is 0 Å². The summed E-state index contributed by atoms with van der Waals surface area (Å²) in [5.41, 5.74) is 21.2. The van der Waals surface area contributed by atoms with Crippen LogP contribution in [0, 0.1) is 13.8 Å². The van der Waals surface area contributed by atoms with Crippen LogP contribution >= 0.6 is 0 Å². The van der Waals surface area contributed by atoms with E-state index in [-0.39, 0.29) is 48.5 Å². The molecule has 4 saturated heterocycles. The lowest BCUT2D eigenvalue weighted by Gasteiger charge is -2.41. The van der Waals surface area contributed by atoms with Gasteiger partial charge in [-0.1, -0.05) is 18.2 Å². The molecule has 6 aliphatic rings. The molecule has 0 radical (unpaired) electrons. The molecule has 5 fully saturated rings. The minimum Gasteiger partial charge on any atom is -0.507 e. The number of pyridine rings is 1. The molecule has 10 rings (SSSR count). The van der Waals surface area contributed by atoms with E-state index in [4.69, 9.17) is 24.9 Å². The molecule has 1 saturated carbocycles. The summed E-state index contributed by atoms with van der Waals surface area (Å²) in [6, 6.07) is 12.8. The number of hydrazine groups is 1. The van der Waals surface area contributed by atoms with Crippen LogP contribution in [-0.2, 0) is 19.0 Å². The summed E-state index contributed by atoms with van der Waals surface area (Å²) in [6.07, 6.45) is 7.63. The van der Waals surface area contributed by atoms with Gasteiger partial charge in [0.25, 0.3) is 5.91 Å². The van der Waals surface area contributed by atoms with Gasteiger partial charge in [0.05, 0.1) is 48.6 Å². The predicted molar refractivity (Wildman–Crippen MR) is 239 cm³/mol. The van der Waals surface area contributed by atoms with Crippen molar-refractivity contribution in [3.8, 4) is 5.75 Å². The molecule has 4 aromatic rings. The van der Waals surface area contributed by atoms with E-state index in [9.17, 15) is 19.5 Å². The van der Waals surface area contributed by atoms with Crippen molar-refractivity contribution < 1.29 is 33.7 Å². The van der Waals surface area contributed by atoms with Gasteiger partial charge >= 0.3 is 6.03 Å². The number of fused-ring (bicyclic) bond motifs is 1. The number of nitrogens with one attached hydrogen (secondary N) is 3. The molecule has 2 atom stereocenters. The highest BCUT2D eigenvalue weighted by Gasteiger charge is 2.35. The highest BCUT2D eigenvalue weighted by atomic mass is 16.7. The summed E-state index contributed by atoms with van der Waals surface area (Å²) in [6.45, 7) is 11.8. The highest BCUT2D eigenvalue weighted by molar-refractivity contribution is 6.06. The van der Waals surface area contributed by atoms with Gasteiger partial charge in [-0.3, -0.25) is 35.6 Å². The first-order chi connectivity index (χ1) is 31.0. The van der Waals surface area contributed by atoms with Crippen molar-refractivity contribution in [3.05, 3.63) is 106 Å². The summed E-state index contributed by atoms with van der Waals surface area (Å²) >= 11 is 0. The molecule has 0 bridgehead atoms. The van der Waals surface area contributed by atoms with E-state index in [1.165, 1.54) is 5.56 Å². The Hall–Kier alpha value is -6.14. The number of nitrogens with two attached hydrogens (primary N) is 1. The smallest absolute Gasteiger partial charge is 0.328 e. The Balaban J connectivity index is 0.741. The number of phenolic OH excluding ortho intramolecular Hbond substituents is 1. The number of urea groups is 1. The van der Waals surface area contributed by atoms with Gasteiger partial charge in [-0.25, -0.2) is 9.78 Å².